The molecule has 4 nitrogen and oxygen atoms in total. The van der Waals surface area contributed by atoms with Crippen molar-refractivity contribution in [2.24, 2.45) is 0 Å². The Hall–Kier alpha value is -2.04. The SMILES string of the molecule is CO[C@@](C)(CNC(=O)COc1ccccc1C)c1cccc(Cl)c1. The minimum atomic E-state index is -0.663. The Morgan fingerprint density at radius 3 is 2.62 bits per heavy atom. The molecule has 2 aromatic rings. The molecule has 0 aromatic heterocycles. The number of amides is 1. The van der Waals surface area contributed by atoms with Crippen LogP contribution in [-0.2, 0) is 15.1 Å². The van der Waals surface area contributed by atoms with Crippen molar-refractivity contribution in [1.29, 1.82) is 0 Å². The van der Waals surface area contributed by atoms with Gasteiger partial charge in [-0.25, -0.2) is 0 Å². The number of methoxy groups -OCH3 is 1. The minimum absolute atomic E-state index is 0.0415. The van der Waals surface area contributed by atoms with Gasteiger partial charge in [0, 0.05) is 12.1 Å². The van der Waals surface area contributed by atoms with Crippen molar-refractivity contribution in [2.45, 2.75) is 19.4 Å². The van der Waals surface area contributed by atoms with Gasteiger partial charge in [0.2, 0.25) is 0 Å². The van der Waals surface area contributed by atoms with E-state index in [0.29, 0.717) is 17.3 Å². The van der Waals surface area contributed by atoms with Gasteiger partial charge in [-0.05, 0) is 43.2 Å². The Morgan fingerprint density at radius 1 is 1.21 bits per heavy atom. The molecule has 0 saturated heterocycles. The summed E-state index contributed by atoms with van der Waals surface area (Å²) in [6.07, 6.45) is 0. The number of aryl methyl sites for hydroxylation is 1. The monoisotopic (exact) mass is 347 g/mol. The molecule has 0 aliphatic carbocycles. The van der Waals surface area contributed by atoms with Crippen LogP contribution in [0.1, 0.15) is 18.1 Å². The predicted octanol–water partition coefficient (Wildman–Crippen LogP) is 3.71. The molecule has 24 heavy (non-hydrogen) atoms. The lowest BCUT2D eigenvalue weighted by Gasteiger charge is -2.29. The fourth-order valence-electron chi connectivity index (χ4n) is 2.29. The van der Waals surface area contributed by atoms with E-state index < -0.39 is 5.60 Å². The van der Waals surface area contributed by atoms with Gasteiger partial charge in [-0.15, -0.1) is 0 Å². The Labute approximate surface area is 147 Å². The first kappa shape index (κ1) is 18.3. The lowest BCUT2D eigenvalue weighted by Crippen LogP contribution is -2.41. The predicted molar refractivity (Wildman–Crippen MR) is 95.5 cm³/mol. The summed E-state index contributed by atoms with van der Waals surface area (Å²) in [4.78, 5) is 12.1. The van der Waals surface area contributed by atoms with Crippen molar-refractivity contribution >= 4 is 17.5 Å². The van der Waals surface area contributed by atoms with Crippen LogP contribution in [-0.4, -0.2) is 26.2 Å². The Balaban J connectivity index is 1.93. The smallest absolute Gasteiger partial charge is 0.258 e. The van der Waals surface area contributed by atoms with E-state index in [-0.39, 0.29) is 12.5 Å². The number of rotatable bonds is 7. The van der Waals surface area contributed by atoms with Gasteiger partial charge in [-0.3, -0.25) is 4.79 Å². The third-order valence-electron chi connectivity index (χ3n) is 3.96. The van der Waals surface area contributed by atoms with Crippen LogP contribution >= 0.6 is 11.6 Å². The van der Waals surface area contributed by atoms with Gasteiger partial charge in [0.05, 0.1) is 6.54 Å². The number of carbonyl (C=O) groups is 1. The highest BCUT2D eigenvalue weighted by atomic mass is 35.5. The number of para-hydroxylation sites is 1. The number of benzene rings is 2. The van der Waals surface area contributed by atoms with Crippen LogP contribution in [0.2, 0.25) is 5.02 Å². The summed E-state index contributed by atoms with van der Waals surface area (Å²) in [6.45, 7) is 4.12. The number of halogens is 1. The first-order valence-corrected chi connectivity index (χ1v) is 8.09. The lowest BCUT2D eigenvalue weighted by molar-refractivity contribution is -0.124. The van der Waals surface area contributed by atoms with Gasteiger partial charge in [-0.2, -0.15) is 0 Å². The molecule has 128 valence electrons. The maximum absolute atomic E-state index is 12.1. The zero-order valence-corrected chi connectivity index (χ0v) is 14.9. The van der Waals surface area contributed by atoms with E-state index in [0.717, 1.165) is 11.1 Å². The summed E-state index contributed by atoms with van der Waals surface area (Å²) in [7, 11) is 1.61. The van der Waals surface area contributed by atoms with Crippen LogP contribution in [0.25, 0.3) is 0 Å². The summed E-state index contributed by atoms with van der Waals surface area (Å²) in [6, 6.07) is 15.0. The second kappa shape index (κ2) is 8.18. The number of carbonyl (C=O) groups excluding carboxylic acids is 1. The summed E-state index contributed by atoms with van der Waals surface area (Å²) in [5.41, 5.74) is 1.23. The topological polar surface area (TPSA) is 47.6 Å². The number of hydrogen-bond acceptors (Lipinski definition) is 3. The van der Waals surface area contributed by atoms with E-state index in [2.05, 4.69) is 5.32 Å². The molecule has 1 N–H and O–H groups in total. The molecule has 0 saturated carbocycles. The van der Waals surface area contributed by atoms with Crippen LogP contribution in [0.4, 0.5) is 0 Å². The highest BCUT2D eigenvalue weighted by molar-refractivity contribution is 6.30. The Bertz CT molecular complexity index is 705. The molecule has 0 aliphatic rings. The van der Waals surface area contributed by atoms with Crippen molar-refractivity contribution in [3.8, 4) is 5.75 Å². The third kappa shape index (κ3) is 4.73. The van der Waals surface area contributed by atoms with E-state index in [9.17, 15) is 4.79 Å². The third-order valence-corrected chi connectivity index (χ3v) is 4.20. The van der Waals surface area contributed by atoms with Crippen molar-refractivity contribution in [3.05, 3.63) is 64.7 Å². The fraction of sp³-hybridized carbons (Fsp3) is 0.316. The summed E-state index contributed by atoms with van der Waals surface area (Å²) < 4.78 is 11.1. The second-order valence-electron chi connectivity index (χ2n) is 5.78. The average molecular weight is 348 g/mol. The van der Waals surface area contributed by atoms with Crippen molar-refractivity contribution in [2.75, 3.05) is 20.3 Å². The Morgan fingerprint density at radius 2 is 1.96 bits per heavy atom. The van der Waals surface area contributed by atoms with E-state index in [1.54, 1.807) is 13.2 Å². The molecule has 0 aliphatic heterocycles. The Kier molecular flexibility index (Phi) is 6.23. The summed E-state index contributed by atoms with van der Waals surface area (Å²) >= 11 is 6.04. The fourth-order valence-corrected chi connectivity index (χ4v) is 2.48. The van der Waals surface area contributed by atoms with Gasteiger partial charge in [-0.1, -0.05) is 41.9 Å². The van der Waals surface area contributed by atoms with Gasteiger partial charge in [0.1, 0.15) is 11.4 Å². The lowest BCUT2D eigenvalue weighted by atomic mass is 9.95. The molecule has 1 amide bonds. The molecule has 0 radical (unpaired) electrons. The minimum Gasteiger partial charge on any atom is -0.484 e. The molecule has 1 atom stereocenters. The highest BCUT2D eigenvalue weighted by Gasteiger charge is 2.27. The maximum atomic E-state index is 12.1. The van der Waals surface area contributed by atoms with E-state index >= 15 is 0 Å². The van der Waals surface area contributed by atoms with Crippen molar-refractivity contribution < 1.29 is 14.3 Å². The molecule has 0 bridgehead atoms. The second-order valence-corrected chi connectivity index (χ2v) is 6.21. The normalized spacial score (nSPS) is 13.2. The zero-order valence-electron chi connectivity index (χ0n) is 14.1. The van der Waals surface area contributed by atoms with Crippen molar-refractivity contribution in [1.82, 2.24) is 5.32 Å². The zero-order chi connectivity index (χ0) is 17.6. The summed E-state index contributed by atoms with van der Waals surface area (Å²) in [5, 5.41) is 3.48. The first-order chi connectivity index (χ1) is 11.4. The van der Waals surface area contributed by atoms with E-state index in [1.807, 2.05) is 56.3 Å². The maximum Gasteiger partial charge on any atom is 0.258 e. The molecule has 2 rings (SSSR count). The van der Waals surface area contributed by atoms with Gasteiger partial charge >= 0.3 is 0 Å². The standard InChI is InChI=1S/C19H22ClNO3/c1-14-7-4-5-10-17(14)24-12-18(22)21-13-19(2,23-3)15-8-6-9-16(20)11-15/h4-11H,12-13H2,1-3H3,(H,21,22)/t19-/m0/s1. The largest absolute Gasteiger partial charge is 0.484 e. The van der Waals surface area contributed by atoms with Gasteiger partial charge in [0.25, 0.3) is 5.91 Å². The van der Waals surface area contributed by atoms with Crippen LogP contribution in [0, 0.1) is 6.92 Å². The molecule has 0 heterocycles. The first-order valence-electron chi connectivity index (χ1n) is 7.71. The van der Waals surface area contributed by atoms with Gasteiger partial charge < -0.3 is 14.8 Å². The molecule has 0 unspecified atom stereocenters. The van der Waals surface area contributed by atoms with Crippen LogP contribution in [0.15, 0.2) is 48.5 Å². The molecule has 0 fully saturated rings. The van der Waals surface area contributed by atoms with E-state index in [4.69, 9.17) is 21.1 Å². The number of ether oxygens (including phenoxy) is 2. The molecule has 2 aromatic carbocycles. The van der Waals surface area contributed by atoms with Crippen LogP contribution in [0.3, 0.4) is 0 Å². The number of hydrogen-bond donors (Lipinski definition) is 1. The molecular weight excluding hydrogens is 326 g/mol. The van der Waals surface area contributed by atoms with Crippen LogP contribution < -0.4 is 10.1 Å². The number of nitrogens with one attached hydrogen (secondary N) is 1. The highest BCUT2D eigenvalue weighted by Crippen LogP contribution is 2.26. The van der Waals surface area contributed by atoms with Crippen molar-refractivity contribution in [3.63, 3.8) is 0 Å². The van der Waals surface area contributed by atoms with Gasteiger partial charge in [0.15, 0.2) is 6.61 Å². The van der Waals surface area contributed by atoms with E-state index in [1.165, 1.54) is 0 Å². The summed E-state index contributed by atoms with van der Waals surface area (Å²) in [5.74, 6) is 0.501. The quantitative estimate of drug-likeness (QED) is 0.830. The van der Waals surface area contributed by atoms with Crippen LogP contribution in [0.5, 0.6) is 5.75 Å². The molecule has 0 spiro atoms. The molecule has 5 heteroatoms. The molecular formula is C19H22ClNO3. The average Bonchev–Trinajstić information content (AvgIpc) is 2.59.